The van der Waals surface area contributed by atoms with Gasteiger partial charge >= 0.3 is 0 Å². The average molecular weight is 328 g/mol. The molecule has 0 spiro atoms. The van der Waals surface area contributed by atoms with Gasteiger partial charge in [-0.2, -0.15) is 0 Å². The summed E-state index contributed by atoms with van der Waals surface area (Å²) in [4.78, 5) is 14.8. The number of benzene rings is 1. The fraction of sp³-hybridized carbons (Fsp3) is 0.421. The van der Waals surface area contributed by atoms with E-state index in [1.807, 2.05) is 19.1 Å². The summed E-state index contributed by atoms with van der Waals surface area (Å²) < 4.78 is 5.59. The van der Waals surface area contributed by atoms with Gasteiger partial charge in [0, 0.05) is 6.54 Å². The van der Waals surface area contributed by atoms with Crippen LogP contribution in [0, 0.1) is 6.92 Å². The normalized spacial score (nSPS) is 16.7. The Bertz CT molecular complexity index is 676. The maximum absolute atomic E-state index is 12.5. The van der Waals surface area contributed by atoms with Crippen LogP contribution in [-0.4, -0.2) is 35.5 Å². The zero-order valence-corrected chi connectivity index (χ0v) is 14.0. The highest BCUT2D eigenvalue weighted by Crippen LogP contribution is 2.25. The first-order valence-corrected chi connectivity index (χ1v) is 8.50. The number of aromatic hydroxyl groups is 1. The third kappa shape index (κ3) is 3.79. The first-order chi connectivity index (χ1) is 11.6. The van der Waals surface area contributed by atoms with Gasteiger partial charge in [0.15, 0.2) is 0 Å². The van der Waals surface area contributed by atoms with Gasteiger partial charge in [-0.15, -0.1) is 0 Å². The summed E-state index contributed by atoms with van der Waals surface area (Å²) in [6.45, 7) is 4.38. The number of nitrogens with one attached hydrogen (secondary N) is 1. The van der Waals surface area contributed by atoms with E-state index in [4.69, 9.17) is 4.42 Å². The molecule has 1 fully saturated rings. The molecule has 1 amide bonds. The van der Waals surface area contributed by atoms with Crippen molar-refractivity contribution in [2.75, 3.05) is 19.6 Å². The molecule has 1 aromatic heterocycles. The number of carbonyl (C=O) groups excluding carboxylic acids is 1. The summed E-state index contributed by atoms with van der Waals surface area (Å²) in [5, 5.41) is 12.9. The van der Waals surface area contributed by atoms with Crippen molar-refractivity contribution in [1.82, 2.24) is 10.2 Å². The monoisotopic (exact) mass is 328 g/mol. The number of amides is 1. The fourth-order valence-corrected chi connectivity index (χ4v) is 3.24. The Kier molecular flexibility index (Phi) is 5.20. The molecule has 1 atom stereocenters. The minimum atomic E-state index is -0.259. The van der Waals surface area contributed by atoms with Gasteiger partial charge in [-0.25, -0.2) is 0 Å². The number of phenolic OH excluding ortho intramolecular Hbond substituents is 1. The van der Waals surface area contributed by atoms with Crippen molar-refractivity contribution in [3.05, 3.63) is 53.5 Å². The highest BCUT2D eigenvalue weighted by atomic mass is 16.3. The molecule has 0 saturated carbocycles. The van der Waals surface area contributed by atoms with Gasteiger partial charge in [0.05, 0.1) is 17.9 Å². The van der Waals surface area contributed by atoms with E-state index >= 15 is 0 Å². The number of hydrogen-bond acceptors (Lipinski definition) is 4. The molecule has 0 aliphatic carbocycles. The van der Waals surface area contributed by atoms with Crippen LogP contribution in [0.5, 0.6) is 5.75 Å². The minimum Gasteiger partial charge on any atom is -0.507 e. The first kappa shape index (κ1) is 16.6. The quantitative estimate of drug-likeness (QED) is 0.884. The summed E-state index contributed by atoms with van der Waals surface area (Å²) in [6.07, 6.45) is 5.26. The molecule has 0 radical (unpaired) electrons. The Balaban J connectivity index is 1.71. The van der Waals surface area contributed by atoms with Gasteiger partial charge in [-0.3, -0.25) is 9.69 Å². The van der Waals surface area contributed by atoms with Crippen molar-refractivity contribution in [2.24, 2.45) is 0 Å². The number of hydrogen-bond donors (Lipinski definition) is 2. The topological polar surface area (TPSA) is 65.7 Å². The van der Waals surface area contributed by atoms with Crippen LogP contribution in [-0.2, 0) is 0 Å². The third-order valence-corrected chi connectivity index (χ3v) is 4.56. The SMILES string of the molecule is Cc1ccc(O)c(C(=O)NCC(c2ccco2)N2CCCCC2)c1. The molecule has 2 heterocycles. The summed E-state index contributed by atoms with van der Waals surface area (Å²) >= 11 is 0. The van der Waals surface area contributed by atoms with Crippen LogP contribution in [0.25, 0.3) is 0 Å². The van der Waals surface area contributed by atoms with Gasteiger partial charge in [0.1, 0.15) is 11.5 Å². The van der Waals surface area contributed by atoms with E-state index in [0.717, 1.165) is 24.4 Å². The van der Waals surface area contributed by atoms with E-state index in [9.17, 15) is 9.90 Å². The maximum atomic E-state index is 12.5. The van der Waals surface area contributed by atoms with Crippen LogP contribution >= 0.6 is 0 Å². The third-order valence-electron chi connectivity index (χ3n) is 4.56. The van der Waals surface area contributed by atoms with Crippen molar-refractivity contribution >= 4 is 5.91 Å². The zero-order valence-electron chi connectivity index (χ0n) is 14.0. The van der Waals surface area contributed by atoms with Crippen molar-refractivity contribution in [2.45, 2.75) is 32.2 Å². The number of furan rings is 1. The Hall–Kier alpha value is -2.27. The Morgan fingerprint density at radius 1 is 1.29 bits per heavy atom. The van der Waals surface area contributed by atoms with Gasteiger partial charge < -0.3 is 14.8 Å². The standard InChI is InChI=1S/C19H24N2O3/c1-14-7-8-17(22)15(12-14)19(23)20-13-16(18-6-5-11-24-18)21-9-3-2-4-10-21/h5-8,11-12,16,22H,2-4,9-10,13H2,1H3,(H,20,23). The Labute approximate surface area is 142 Å². The lowest BCUT2D eigenvalue weighted by atomic mass is 10.1. The second kappa shape index (κ2) is 7.53. The summed E-state index contributed by atoms with van der Waals surface area (Å²) in [5.41, 5.74) is 1.25. The summed E-state index contributed by atoms with van der Waals surface area (Å²) in [5.74, 6) is 0.612. The smallest absolute Gasteiger partial charge is 0.255 e. The molecule has 1 saturated heterocycles. The maximum Gasteiger partial charge on any atom is 0.255 e. The molecule has 2 aromatic rings. The highest BCUT2D eigenvalue weighted by Gasteiger charge is 2.25. The summed E-state index contributed by atoms with van der Waals surface area (Å²) in [7, 11) is 0. The molecule has 3 rings (SSSR count). The molecule has 2 N–H and O–H groups in total. The number of likely N-dealkylation sites (tertiary alicyclic amines) is 1. The zero-order chi connectivity index (χ0) is 16.9. The molecule has 24 heavy (non-hydrogen) atoms. The van der Waals surface area contributed by atoms with E-state index in [1.165, 1.54) is 19.3 Å². The van der Waals surface area contributed by atoms with Crippen molar-refractivity contribution < 1.29 is 14.3 Å². The molecule has 5 nitrogen and oxygen atoms in total. The molecule has 1 unspecified atom stereocenters. The van der Waals surface area contributed by atoms with Crippen molar-refractivity contribution in [3.8, 4) is 5.75 Å². The van der Waals surface area contributed by atoms with Crippen LogP contribution < -0.4 is 5.32 Å². The lowest BCUT2D eigenvalue weighted by molar-refractivity contribution is 0.0911. The summed E-state index contributed by atoms with van der Waals surface area (Å²) in [6, 6.07) is 8.89. The van der Waals surface area contributed by atoms with Gasteiger partial charge in [0.2, 0.25) is 0 Å². The number of rotatable bonds is 5. The predicted octanol–water partition coefficient (Wildman–Crippen LogP) is 3.25. The molecular weight excluding hydrogens is 304 g/mol. The molecule has 1 aromatic carbocycles. The van der Waals surface area contributed by atoms with E-state index in [0.29, 0.717) is 12.1 Å². The van der Waals surface area contributed by atoms with Crippen LogP contribution in [0.1, 0.15) is 47.0 Å². The van der Waals surface area contributed by atoms with Crippen LogP contribution in [0.4, 0.5) is 0 Å². The van der Waals surface area contributed by atoms with Crippen LogP contribution in [0.3, 0.4) is 0 Å². The number of aryl methyl sites for hydroxylation is 1. The van der Waals surface area contributed by atoms with E-state index in [2.05, 4.69) is 10.2 Å². The highest BCUT2D eigenvalue weighted by molar-refractivity contribution is 5.97. The van der Waals surface area contributed by atoms with Crippen LogP contribution in [0.15, 0.2) is 41.0 Å². The molecular formula is C19H24N2O3. The molecule has 0 bridgehead atoms. The average Bonchev–Trinajstić information content (AvgIpc) is 3.12. The Morgan fingerprint density at radius 3 is 2.79 bits per heavy atom. The van der Waals surface area contributed by atoms with Crippen LogP contribution in [0.2, 0.25) is 0 Å². The molecule has 5 heteroatoms. The first-order valence-electron chi connectivity index (χ1n) is 8.50. The molecule has 128 valence electrons. The largest absolute Gasteiger partial charge is 0.507 e. The van der Waals surface area contributed by atoms with E-state index in [1.54, 1.807) is 24.5 Å². The second-order valence-corrected chi connectivity index (χ2v) is 6.36. The Morgan fingerprint density at radius 2 is 2.08 bits per heavy atom. The lowest BCUT2D eigenvalue weighted by Crippen LogP contribution is -2.40. The van der Waals surface area contributed by atoms with E-state index in [-0.39, 0.29) is 17.7 Å². The van der Waals surface area contributed by atoms with Crippen molar-refractivity contribution in [1.29, 1.82) is 0 Å². The fourth-order valence-electron chi connectivity index (χ4n) is 3.24. The minimum absolute atomic E-state index is 0.00520. The second-order valence-electron chi connectivity index (χ2n) is 6.36. The van der Waals surface area contributed by atoms with Gasteiger partial charge in [-0.05, 0) is 57.1 Å². The van der Waals surface area contributed by atoms with E-state index < -0.39 is 0 Å². The number of carbonyl (C=O) groups is 1. The molecule has 1 aliphatic heterocycles. The number of phenols is 1. The van der Waals surface area contributed by atoms with Gasteiger partial charge in [0.25, 0.3) is 5.91 Å². The number of nitrogens with zero attached hydrogens (tertiary/aromatic N) is 1. The van der Waals surface area contributed by atoms with Crippen molar-refractivity contribution in [3.63, 3.8) is 0 Å². The molecule has 1 aliphatic rings. The predicted molar refractivity (Wildman–Crippen MR) is 92.1 cm³/mol. The number of piperidine rings is 1. The lowest BCUT2D eigenvalue weighted by Gasteiger charge is -2.33. The van der Waals surface area contributed by atoms with Gasteiger partial charge in [-0.1, -0.05) is 18.1 Å².